The van der Waals surface area contributed by atoms with Gasteiger partial charge in [0.1, 0.15) is 6.23 Å². The summed E-state index contributed by atoms with van der Waals surface area (Å²) in [6, 6.07) is 5.71. The van der Waals surface area contributed by atoms with Crippen LogP contribution in [0.3, 0.4) is 0 Å². The van der Waals surface area contributed by atoms with Crippen molar-refractivity contribution < 1.29 is 5.11 Å². The number of hydrogen-bond donors (Lipinski definition) is 2. The topological polar surface area (TPSA) is 32.3 Å². The SMILES string of the molecule is CC(C)[C@]1(C)c2cc(Cl)ccc2NC1O. The summed E-state index contributed by atoms with van der Waals surface area (Å²) in [5.74, 6) is 0.347. The van der Waals surface area contributed by atoms with Crippen molar-refractivity contribution in [1.82, 2.24) is 0 Å². The molecular formula is C12H16ClNO. The molecule has 3 heteroatoms. The Labute approximate surface area is 95.3 Å². The van der Waals surface area contributed by atoms with Crippen LogP contribution in [0.15, 0.2) is 18.2 Å². The highest BCUT2D eigenvalue weighted by molar-refractivity contribution is 6.30. The van der Waals surface area contributed by atoms with Gasteiger partial charge in [-0.1, -0.05) is 32.4 Å². The minimum atomic E-state index is -0.536. The fraction of sp³-hybridized carbons (Fsp3) is 0.500. The minimum Gasteiger partial charge on any atom is -0.373 e. The van der Waals surface area contributed by atoms with Crippen LogP contribution in [0.2, 0.25) is 5.02 Å². The second-order valence-electron chi connectivity index (χ2n) is 4.67. The van der Waals surface area contributed by atoms with E-state index in [4.69, 9.17) is 11.6 Å². The van der Waals surface area contributed by atoms with E-state index in [1.54, 1.807) is 0 Å². The number of aliphatic hydroxyl groups is 1. The van der Waals surface area contributed by atoms with Crippen LogP contribution in [-0.4, -0.2) is 11.3 Å². The van der Waals surface area contributed by atoms with E-state index in [9.17, 15) is 5.11 Å². The van der Waals surface area contributed by atoms with Crippen molar-refractivity contribution in [2.45, 2.75) is 32.4 Å². The van der Waals surface area contributed by atoms with Gasteiger partial charge < -0.3 is 10.4 Å². The van der Waals surface area contributed by atoms with Crippen LogP contribution in [-0.2, 0) is 5.41 Å². The first-order valence-corrected chi connectivity index (χ1v) is 5.58. The van der Waals surface area contributed by atoms with Gasteiger partial charge in [-0.15, -0.1) is 0 Å². The Bertz CT molecular complexity index is 391. The summed E-state index contributed by atoms with van der Waals surface area (Å²) in [5.41, 5.74) is 1.83. The van der Waals surface area contributed by atoms with Gasteiger partial charge in [0.05, 0.1) is 0 Å². The standard InChI is InChI=1S/C12H16ClNO/c1-7(2)12(3)9-6-8(13)4-5-10(9)14-11(12)15/h4-7,11,14-15H,1-3H3/t11?,12-/m1/s1. The summed E-state index contributed by atoms with van der Waals surface area (Å²) < 4.78 is 0. The number of fused-ring (bicyclic) bond motifs is 1. The Morgan fingerprint density at radius 2 is 2.13 bits per heavy atom. The second kappa shape index (κ2) is 3.39. The van der Waals surface area contributed by atoms with Gasteiger partial charge >= 0.3 is 0 Å². The second-order valence-corrected chi connectivity index (χ2v) is 5.11. The number of halogens is 1. The predicted octanol–water partition coefficient (Wildman–Crippen LogP) is 3.00. The molecular weight excluding hydrogens is 210 g/mol. The monoisotopic (exact) mass is 225 g/mol. The zero-order valence-corrected chi connectivity index (χ0v) is 9.97. The molecule has 1 aliphatic heterocycles. The highest BCUT2D eigenvalue weighted by Gasteiger charge is 2.44. The fourth-order valence-corrected chi connectivity index (χ4v) is 2.33. The fourth-order valence-electron chi connectivity index (χ4n) is 2.16. The van der Waals surface area contributed by atoms with Crippen LogP contribution >= 0.6 is 11.6 Å². The molecule has 15 heavy (non-hydrogen) atoms. The maximum atomic E-state index is 10.1. The summed E-state index contributed by atoms with van der Waals surface area (Å²) in [7, 11) is 0. The maximum absolute atomic E-state index is 10.1. The van der Waals surface area contributed by atoms with E-state index >= 15 is 0 Å². The van der Waals surface area contributed by atoms with Gasteiger partial charge in [0, 0.05) is 16.1 Å². The van der Waals surface area contributed by atoms with Crippen molar-refractivity contribution in [2.75, 3.05) is 5.32 Å². The van der Waals surface area contributed by atoms with Crippen molar-refractivity contribution in [3.63, 3.8) is 0 Å². The van der Waals surface area contributed by atoms with E-state index in [1.165, 1.54) is 0 Å². The van der Waals surface area contributed by atoms with Crippen molar-refractivity contribution in [3.05, 3.63) is 28.8 Å². The molecule has 0 radical (unpaired) electrons. The molecule has 0 saturated carbocycles. The molecule has 0 bridgehead atoms. The average molecular weight is 226 g/mol. The molecule has 1 unspecified atom stereocenters. The normalized spacial score (nSPS) is 29.1. The van der Waals surface area contributed by atoms with Crippen molar-refractivity contribution in [1.29, 1.82) is 0 Å². The first-order chi connectivity index (χ1) is 6.96. The molecule has 1 aliphatic rings. The summed E-state index contributed by atoms with van der Waals surface area (Å²) in [6.45, 7) is 6.29. The molecule has 0 aromatic heterocycles. The van der Waals surface area contributed by atoms with Gasteiger partial charge in [-0.3, -0.25) is 0 Å². The Morgan fingerprint density at radius 3 is 2.73 bits per heavy atom. The minimum absolute atomic E-state index is 0.264. The van der Waals surface area contributed by atoms with E-state index in [0.717, 1.165) is 16.3 Å². The molecule has 0 amide bonds. The molecule has 2 N–H and O–H groups in total. The first kappa shape index (κ1) is 10.8. The van der Waals surface area contributed by atoms with E-state index in [1.807, 2.05) is 18.2 Å². The third-order valence-corrected chi connectivity index (χ3v) is 3.86. The van der Waals surface area contributed by atoms with E-state index < -0.39 is 6.23 Å². The van der Waals surface area contributed by atoms with Crippen molar-refractivity contribution in [3.8, 4) is 0 Å². The van der Waals surface area contributed by atoms with E-state index in [-0.39, 0.29) is 5.41 Å². The van der Waals surface area contributed by atoms with Crippen LogP contribution < -0.4 is 5.32 Å². The van der Waals surface area contributed by atoms with Crippen LogP contribution in [0.5, 0.6) is 0 Å². The third kappa shape index (κ3) is 1.44. The zero-order chi connectivity index (χ0) is 11.2. The highest BCUT2D eigenvalue weighted by Crippen LogP contribution is 2.45. The van der Waals surface area contributed by atoms with E-state index in [2.05, 4.69) is 26.1 Å². The zero-order valence-electron chi connectivity index (χ0n) is 9.21. The van der Waals surface area contributed by atoms with Gasteiger partial charge in [-0.05, 0) is 29.7 Å². The molecule has 2 nitrogen and oxygen atoms in total. The van der Waals surface area contributed by atoms with Gasteiger partial charge in [0.25, 0.3) is 0 Å². The molecule has 0 saturated heterocycles. The number of nitrogens with one attached hydrogen (secondary N) is 1. The number of benzene rings is 1. The van der Waals surface area contributed by atoms with Gasteiger partial charge in [-0.2, -0.15) is 0 Å². The number of hydrogen-bond acceptors (Lipinski definition) is 2. The van der Waals surface area contributed by atoms with Crippen LogP contribution in [0, 0.1) is 5.92 Å². The summed E-state index contributed by atoms with van der Waals surface area (Å²) in [5, 5.41) is 13.9. The molecule has 1 aromatic carbocycles. The molecule has 2 rings (SSSR count). The van der Waals surface area contributed by atoms with Crippen LogP contribution in [0.25, 0.3) is 0 Å². The van der Waals surface area contributed by atoms with Gasteiger partial charge in [0.15, 0.2) is 0 Å². The van der Waals surface area contributed by atoms with Crippen LogP contribution in [0.4, 0.5) is 5.69 Å². The molecule has 0 aliphatic carbocycles. The Kier molecular flexibility index (Phi) is 2.44. The summed E-state index contributed by atoms with van der Waals surface area (Å²) in [6.07, 6.45) is -0.536. The Hall–Kier alpha value is -0.730. The van der Waals surface area contributed by atoms with Crippen LogP contribution in [0.1, 0.15) is 26.3 Å². The van der Waals surface area contributed by atoms with E-state index in [0.29, 0.717) is 5.92 Å². The lowest BCUT2D eigenvalue weighted by Crippen LogP contribution is -2.40. The molecule has 82 valence electrons. The highest BCUT2D eigenvalue weighted by atomic mass is 35.5. The molecule has 0 fully saturated rings. The molecule has 1 aromatic rings. The quantitative estimate of drug-likeness (QED) is 0.770. The number of rotatable bonds is 1. The molecule has 1 heterocycles. The lowest BCUT2D eigenvalue weighted by atomic mass is 9.74. The van der Waals surface area contributed by atoms with Crippen molar-refractivity contribution >= 4 is 17.3 Å². The summed E-state index contributed by atoms with van der Waals surface area (Å²) >= 11 is 5.99. The lowest BCUT2D eigenvalue weighted by Gasteiger charge is -2.32. The smallest absolute Gasteiger partial charge is 0.134 e. The Morgan fingerprint density at radius 1 is 1.47 bits per heavy atom. The number of anilines is 1. The van der Waals surface area contributed by atoms with Gasteiger partial charge in [0.2, 0.25) is 0 Å². The average Bonchev–Trinajstić information content (AvgIpc) is 2.42. The molecule has 0 spiro atoms. The maximum Gasteiger partial charge on any atom is 0.134 e. The number of aliphatic hydroxyl groups excluding tert-OH is 1. The third-order valence-electron chi connectivity index (χ3n) is 3.62. The predicted molar refractivity (Wildman–Crippen MR) is 63.3 cm³/mol. The van der Waals surface area contributed by atoms with Gasteiger partial charge in [-0.25, -0.2) is 0 Å². The summed E-state index contributed by atoms with van der Waals surface area (Å²) in [4.78, 5) is 0. The first-order valence-electron chi connectivity index (χ1n) is 5.21. The lowest BCUT2D eigenvalue weighted by molar-refractivity contribution is 0.0955. The largest absolute Gasteiger partial charge is 0.373 e. The molecule has 2 atom stereocenters. The Balaban J connectivity index is 2.57. The van der Waals surface area contributed by atoms with Crippen molar-refractivity contribution in [2.24, 2.45) is 5.92 Å².